The maximum atomic E-state index is 14.9. The standard InChI is InChI=1S/C29H40FN3O/c1-7-15-32-17-23(18-32)34-22(8-2)14-13-20(3)28-27-25(24-11-9-10-12-26(24)31-27)16-21(4)33(28)19-29(5,6)30/h8-14,21,23,28,31H,3,7,15-19H2,1-2,4-6H3/b14-13-,22-8+/t21-,28-/m1/s1. The van der Waals surface area contributed by atoms with Crippen LogP contribution in [0, 0.1) is 0 Å². The second-order valence-corrected chi connectivity index (χ2v) is 10.5. The Kier molecular flexibility index (Phi) is 7.34. The molecule has 0 unspecified atom stereocenters. The van der Waals surface area contributed by atoms with Gasteiger partial charge in [0.05, 0.1) is 6.04 Å². The molecule has 1 N–H and O–H groups in total. The molecule has 2 aliphatic heterocycles. The molecule has 1 fully saturated rings. The molecule has 1 saturated heterocycles. The summed E-state index contributed by atoms with van der Waals surface area (Å²) in [5.74, 6) is 0.861. The Balaban J connectivity index is 1.58. The minimum Gasteiger partial charge on any atom is -0.488 e. The molecule has 2 aliphatic rings. The van der Waals surface area contributed by atoms with E-state index in [0.29, 0.717) is 6.54 Å². The van der Waals surface area contributed by atoms with Crippen LogP contribution in [0.15, 0.2) is 60.4 Å². The van der Waals surface area contributed by atoms with Crippen molar-refractivity contribution in [2.24, 2.45) is 0 Å². The molecule has 5 heteroatoms. The average molecular weight is 466 g/mol. The van der Waals surface area contributed by atoms with Crippen LogP contribution in [0.1, 0.15) is 58.3 Å². The van der Waals surface area contributed by atoms with Crippen molar-refractivity contribution < 1.29 is 9.13 Å². The first-order chi connectivity index (χ1) is 16.2. The molecule has 0 bridgehead atoms. The van der Waals surface area contributed by atoms with E-state index in [1.54, 1.807) is 13.8 Å². The predicted octanol–water partition coefficient (Wildman–Crippen LogP) is 6.33. The minimum absolute atomic E-state index is 0.112. The fraction of sp³-hybridized carbons (Fsp3) is 0.517. The van der Waals surface area contributed by atoms with Gasteiger partial charge in [0.15, 0.2) is 0 Å². The van der Waals surface area contributed by atoms with Crippen LogP contribution in [0.2, 0.25) is 0 Å². The van der Waals surface area contributed by atoms with Crippen LogP contribution >= 0.6 is 0 Å². The summed E-state index contributed by atoms with van der Waals surface area (Å²) in [6.45, 7) is 17.6. The van der Waals surface area contributed by atoms with Crippen LogP contribution in [-0.4, -0.2) is 58.8 Å². The Hall–Kier alpha value is -2.37. The van der Waals surface area contributed by atoms with E-state index < -0.39 is 5.67 Å². The molecule has 0 radical (unpaired) electrons. The summed E-state index contributed by atoms with van der Waals surface area (Å²) in [5.41, 5.74) is 3.22. The van der Waals surface area contributed by atoms with Gasteiger partial charge in [0.2, 0.25) is 0 Å². The Morgan fingerprint density at radius 2 is 2.00 bits per heavy atom. The van der Waals surface area contributed by atoms with Crippen LogP contribution in [-0.2, 0) is 11.2 Å². The quantitative estimate of drug-likeness (QED) is 0.347. The van der Waals surface area contributed by atoms with Gasteiger partial charge in [-0.25, -0.2) is 4.39 Å². The number of nitrogens with one attached hydrogen (secondary N) is 1. The monoisotopic (exact) mass is 465 g/mol. The van der Waals surface area contributed by atoms with Crippen LogP contribution in [0.4, 0.5) is 4.39 Å². The second kappa shape index (κ2) is 10.1. The number of allylic oxidation sites excluding steroid dienone is 2. The first-order valence-corrected chi connectivity index (χ1v) is 12.7. The van der Waals surface area contributed by atoms with Crippen molar-refractivity contribution in [1.29, 1.82) is 0 Å². The largest absolute Gasteiger partial charge is 0.488 e. The topological polar surface area (TPSA) is 31.5 Å². The molecule has 3 heterocycles. The summed E-state index contributed by atoms with van der Waals surface area (Å²) in [6.07, 6.45) is 8.38. The normalized spacial score (nSPS) is 22.8. The number of para-hydroxylation sites is 1. The lowest BCUT2D eigenvalue weighted by Crippen LogP contribution is -2.51. The molecule has 0 saturated carbocycles. The predicted molar refractivity (Wildman–Crippen MR) is 140 cm³/mol. The van der Waals surface area contributed by atoms with Crippen molar-refractivity contribution in [2.45, 2.75) is 71.3 Å². The summed E-state index contributed by atoms with van der Waals surface area (Å²) < 4.78 is 21.1. The Labute approximate surface area is 204 Å². The van der Waals surface area contributed by atoms with E-state index in [1.165, 1.54) is 17.4 Å². The second-order valence-electron chi connectivity index (χ2n) is 10.5. The molecule has 34 heavy (non-hydrogen) atoms. The van der Waals surface area contributed by atoms with Gasteiger partial charge in [0.25, 0.3) is 0 Å². The molecule has 0 amide bonds. The molecular formula is C29H40FN3O. The van der Waals surface area contributed by atoms with Gasteiger partial charge < -0.3 is 9.72 Å². The number of nitrogens with zero attached hydrogens (tertiary/aromatic N) is 2. The Morgan fingerprint density at radius 1 is 1.26 bits per heavy atom. The summed E-state index contributed by atoms with van der Waals surface area (Å²) >= 11 is 0. The number of rotatable bonds is 9. The van der Waals surface area contributed by atoms with Crippen molar-refractivity contribution >= 4 is 10.9 Å². The van der Waals surface area contributed by atoms with Crippen molar-refractivity contribution in [3.05, 3.63) is 71.7 Å². The van der Waals surface area contributed by atoms with Crippen molar-refractivity contribution in [3.8, 4) is 0 Å². The van der Waals surface area contributed by atoms with Crippen molar-refractivity contribution in [2.75, 3.05) is 26.2 Å². The number of halogens is 1. The fourth-order valence-corrected chi connectivity index (χ4v) is 5.36. The average Bonchev–Trinajstić information content (AvgIpc) is 3.11. The van der Waals surface area contributed by atoms with Crippen LogP contribution in [0.25, 0.3) is 10.9 Å². The fourth-order valence-electron chi connectivity index (χ4n) is 5.36. The first kappa shape index (κ1) is 24.7. The first-order valence-electron chi connectivity index (χ1n) is 12.7. The van der Waals surface area contributed by atoms with Gasteiger partial charge >= 0.3 is 0 Å². The number of hydrogen-bond donors (Lipinski definition) is 1. The van der Waals surface area contributed by atoms with Gasteiger partial charge in [-0.15, -0.1) is 0 Å². The van der Waals surface area contributed by atoms with E-state index in [0.717, 1.165) is 48.6 Å². The van der Waals surface area contributed by atoms with Gasteiger partial charge in [-0.05, 0) is 76.4 Å². The van der Waals surface area contributed by atoms with Crippen LogP contribution in [0.5, 0.6) is 0 Å². The molecule has 2 aromatic rings. The van der Waals surface area contributed by atoms with E-state index in [1.807, 2.05) is 25.2 Å². The lowest BCUT2D eigenvalue weighted by Gasteiger charge is -2.43. The number of aromatic amines is 1. The molecular weight excluding hydrogens is 425 g/mol. The third-order valence-corrected chi connectivity index (χ3v) is 6.94. The summed E-state index contributed by atoms with van der Waals surface area (Å²) in [5, 5.41) is 1.25. The number of H-pyrrole nitrogens is 1. The number of aromatic nitrogens is 1. The zero-order chi connectivity index (χ0) is 24.5. The Morgan fingerprint density at radius 3 is 2.68 bits per heavy atom. The van der Waals surface area contributed by atoms with Gasteiger partial charge in [0.1, 0.15) is 17.5 Å². The van der Waals surface area contributed by atoms with E-state index in [2.05, 4.69) is 59.5 Å². The minimum atomic E-state index is -1.30. The highest BCUT2D eigenvalue weighted by atomic mass is 19.1. The highest BCUT2D eigenvalue weighted by Crippen LogP contribution is 2.41. The van der Waals surface area contributed by atoms with Gasteiger partial charge in [-0.3, -0.25) is 9.80 Å². The highest BCUT2D eigenvalue weighted by Gasteiger charge is 2.38. The van der Waals surface area contributed by atoms with Gasteiger partial charge in [-0.1, -0.05) is 37.8 Å². The van der Waals surface area contributed by atoms with E-state index >= 15 is 0 Å². The molecule has 4 rings (SSSR count). The molecule has 1 aromatic carbocycles. The number of benzene rings is 1. The van der Waals surface area contributed by atoms with Gasteiger partial charge in [-0.2, -0.15) is 0 Å². The molecule has 184 valence electrons. The number of hydrogen-bond acceptors (Lipinski definition) is 3. The van der Waals surface area contributed by atoms with E-state index in [-0.39, 0.29) is 18.2 Å². The Bertz CT molecular complexity index is 1070. The number of alkyl halides is 1. The molecule has 2 atom stereocenters. The zero-order valence-corrected chi connectivity index (χ0v) is 21.4. The van der Waals surface area contributed by atoms with E-state index in [4.69, 9.17) is 4.74 Å². The van der Waals surface area contributed by atoms with Crippen molar-refractivity contribution in [3.63, 3.8) is 0 Å². The molecule has 4 nitrogen and oxygen atoms in total. The third kappa shape index (κ3) is 5.31. The molecule has 0 aliphatic carbocycles. The molecule has 0 spiro atoms. The summed E-state index contributed by atoms with van der Waals surface area (Å²) in [4.78, 5) is 8.32. The summed E-state index contributed by atoms with van der Waals surface area (Å²) in [6, 6.07) is 8.52. The van der Waals surface area contributed by atoms with Crippen molar-refractivity contribution in [1.82, 2.24) is 14.8 Å². The zero-order valence-electron chi connectivity index (χ0n) is 21.4. The lowest BCUT2D eigenvalue weighted by atomic mass is 9.87. The van der Waals surface area contributed by atoms with E-state index in [9.17, 15) is 4.39 Å². The third-order valence-electron chi connectivity index (χ3n) is 6.94. The number of fused-ring (bicyclic) bond motifs is 3. The lowest BCUT2D eigenvalue weighted by molar-refractivity contribution is -0.0172. The van der Waals surface area contributed by atoms with Crippen LogP contribution in [0.3, 0.4) is 0 Å². The maximum absolute atomic E-state index is 14.9. The summed E-state index contributed by atoms with van der Waals surface area (Å²) in [7, 11) is 0. The maximum Gasteiger partial charge on any atom is 0.124 e. The smallest absolute Gasteiger partial charge is 0.124 e. The number of likely N-dealkylation sites (tertiary alicyclic amines) is 1. The molecule has 1 aromatic heterocycles. The SMILES string of the molecule is C=C(/C=C\C(=C/C)OC1CN(CCC)C1)[C@@H]1c2[nH]c3ccccc3c2C[C@@H](C)N1CC(C)(C)F. The van der Waals surface area contributed by atoms with Crippen LogP contribution < -0.4 is 0 Å². The van der Waals surface area contributed by atoms with Gasteiger partial charge in [0, 0.05) is 42.3 Å². The highest BCUT2D eigenvalue weighted by molar-refractivity contribution is 5.85. The number of ether oxygens (including phenoxy) is 1.